The Morgan fingerprint density at radius 3 is 2.76 bits per heavy atom. The first-order valence-electron chi connectivity index (χ1n) is 13.8. The standard InChI is InChI=1S/C30H31FN4O6S/c31-24-6-7-27-23(17-24)18-29(41-27)42(37,38)35-10-2-5-26(35)30(36)33-19-21-3-1-4-25(15-21)40-20-22-8-9-32-28(16-22)34-11-13-39-14-12-34/h1,3-4,6-9,15-18,26H,2,5,10-14,19-20H2,(H,33,36). The van der Waals surface area contributed by atoms with E-state index in [1.54, 1.807) is 6.20 Å². The van der Waals surface area contributed by atoms with Gasteiger partial charge in [0, 0.05) is 43.8 Å². The largest absolute Gasteiger partial charge is 0.489 e. The Bertz CT molecular complexity index is 1690. The molecule has 0 spiro atoms. The highest BCUT2D eigenvalue weighted by atomic mass is 32.2. The second kappa shape index (κ2) is 12.1. The summed E-state index contributed by atoms with van der Waals surface area (Å²) in [7, 11) is -4.09. The number of morpholine rings is 1. The van der Waals surface area contributed by atoms with Crippen LogP contribution in [0.25, 0.3) is 11.0 Å². The maximum atomic E-state index is 13.6. The first-order chi connectivity index (χ1) is 20.4. The van der Waals surface area contributed by atoms with Gasteiger partial charge >= 0.3 is 0 Å². The van der Waals surface area contributed by atoms with Gasteiger partial charge in [-0.15, -0.1) is 0 Å². The molecule has 2 aliphatic rings. The Labute approximate surface area is 243 Å². The number of carbonyl (C=O) groups excluding carboxylic acids is 1. The molecule has 6 rings (SSSR count). The predicted molar refractivity (Wildman–Crippen MR) is 153 cm³/mol. The number of amides is 1. The summed E-state index contributed by atoms with van der Waals surface area (Å²) in [5, 5.41) is 2.91. The van der Waals surface area contributed by atoms with Gasteiger partial charge in [-0.3, -0.25) is 4.79 Å². The van der Waals surface area contributed by atoms with Crippen LogP contribution in [-0.2, 0) is 32.7 Å². The van der Waals surface area contributed by atoms with E-state index < -0.39 is 27.8 Å². The fraction of sp³-hybridized carbons (Fsp3) is 0.333. The number of benzene rings is 2. The Balaban J connectivity index is 1.07. The normalized spacial score (nSPS) is 17.9. The van der Waals surface area contributed by atoms with Gasteiger partial charge in [0.25, 0.3) is 10.0 Å². The van der Waals surface area contributed by atoms with Crippen molar-refractivity contribution in [1.29, 1.82) is 0 Å². The number of halogens is 1. The number of anilines is 1. The first-order valence-corrected chi connectivity index (χ1v) is 15.3. The van der Waals surface area contributed by atoms with Crippen LogP contribution in [0.3, 0.4) is 0 Å². The number of nitrogens with zero attached hydrogens (tertiary/aromatic N) is 3. The number of rotatable bonds is 9. The highest BCUT2D eigenvalue weighted by Crippen LogP contribution is 2.30. The van der Waals surface area contributed by atoms with E-state index in [2.05, 4.69) is 15.2 Å². The monoisotopic (exact) mass is 594 g/mol. The summed E-state index contributed by atoms with van der Waals surface area (Å²) >= 11 is 0. The second-order valence-electron chi connectivity index (χ2n) is 10.3. The molecule has 1 atom stereocenters. The summed E-state index contributed by atoms with van der Waals surface area (Å²) in [6.45, 7) is 3.73. The van der Waals surface area contributed by atoms with Crippen LogP contribution >= 0.6 is 0 Å². The van der Waals surface area contributed by atoms with Crippen LogP contribution in [0.15, 0.2) is 76.4 Å². The van der Waals surface area contributed by atoms with Gasteiger partial charge in [-0.05, 0) is 66.4 Å². The lowest BCUT2D eigenvalue weighted by molar-refractivity contribution is -0.124. The molecule has 4 heterocycles. The molecule has 0 bridgehead atoms. The summed E-state index contributed by atoms with van der Waals surface area (Å²) in [5.74, 6) is 0.665. The van der Waals surface area contributed by atoms with E-state index in [1.165, 1.54) is 24.3 Å². The molecule has 12 heteroatoms. The van der Waals surface area contributed by atoms with Gasteiger partial charge < -0.3 is 24.1 Å². The molecule has 2 fully saturated rings. The van der Waals surface area contributed by atoms with Gasteiger partial charge in [-0.25, -0.2) is 17.8 Å². The number of ether oxygens (including phenoxy) is 2. The minimum atomic E-state index is -4.09. The summed E-state index contributed by atoms with van der Waals surface area (Å²) in [5.41, 5.74) is 2.07. The van der Waals surface area contributed by atoms with Crippen molar-refractivity contribution in [2.24, 2.45) is 0 Å². The van der Waals surface area contributed by atoms with Gasteiger partial charge in [0.1, 0.15) is 35.6 Å². The Morgan fingerprint density at radius 1 is 1.05 bits per heavy atom. The van der Waals surface area contributed by atoms with Crippen molar-refractivity contribution in [2.45, 2.75) is 37.1 Å². The molecule has 1 unspecified atom stereocenters. The van der Waals surface area contributed by atoms with E-state index in [0.717, 1.165) is 34.3 Å². The van der Waals surface area contributed by atoms with E-state index >= 15 is 0 Å². The van der Waals surface area contributed by atoms with Crippen LogP contribution in [0.4, 0.5) is 10.2 Å². The number of furan rings is 1. The molecule has 2 aliphatic heterocycles. The number of pyridine rings is 1. The first kappa shape index (κ1) is 28.1. The summed E-state index contributed by atoms with van der Waals surface area (Å²) in [6.07, 6.45) is 2.70. The highest BCUT2D eigenvalue weighted by Gasteiger charge is 2.41. The predicted octanol–water partition coefficient (Wildman–Crippen LogP) is 3.85. The molecule has 2 aromatic heterocycles. The second-order valence-corrected chi connectivity index (χ2v) is 12.1. The maximum absolute atomic E-state index is 13.6. The fourth-order valence-electron chi connectivity index (χ4n) is 5.26. The Morgan fingerprint density at radius 2 is 1.90 bits per heavy atom. The molecular formula is C30H31FN4O6S. The summed E-state index contributed by atoms with van der Waals surface area (Å²) in [4.78, 5) is 19.8. The van der Waals surface area contributed by atoms with E-state index in [0.29, 0.717) is 43.8 Å². The smallest absolute Gasteiger partial charge is 0.277 e. The number of nitrogens with one attached hydrogen (secondary N) is 1. The van der Waals surface area contributed by atoms with Gasteiger partial charge in [0.05, 0.1) is 13.2 Å². The third-order valence-electron chi connectivity index (χ3n) is 7.44. The van der Waals surface area contributed by atoms with Crippen molar-refractivity contribution < 1.29 is 31.5 Å². The lowest BCUT2D eigenvalue weighted by Gasteiger charge is -2.28. The van der Waals surface area contributed by atoms with Crippen LogP contribution in [-0.4, -0.2) is 62.5 Å². The quantitative estimate of drug-likeness (QED) is 0.311. The van der Waals surface area contributed by atoms with Crippen LogP contribution in [0.1, 0.15) is 24.0 Å². The third kappa shape index (κ3) is 6.10. The molecule has 1 amide bonds. The number of fused-ring (bicyclic) bond motifs is 1. The molecular weight excluding hydrogens is 563 g/mol. The minimum absolute atomic E-state index is 0.192. The zero-order valence-electron chi connectivity index (χ0n) is 22.9. The maximum Gasteiger partial charge on any atom is 0.277 e. The van der Waals surface area contributed by atoms with E-state index in [-0.39, 0.29) is 23.8 Å². The van der Waals surface area contributed by atoms with Crippen LogP contribution in [0, 0.1) is 5.82 Å². The highest BCUT2D eigenvalue weighted by molar-refractivity contribution is 7.89. The lowest BCUT2D eigenvalue weighted by atomic mass is 10.2. The fourth-order valence-corrected chi connectivity index (χ4v) is 6.86. The molecule has 220 valence electrons. The molecule has 10 nitrogen and oxygen atoms in total. The van der Waals surface area contributed by atoms with Crippen LogP contribution in [0.5, 0.6) is 5.75 Å². The molecule has 0 aliphatic carbocycles. The molecule has 4 aromatic rings. The van der Waals surface area contributed by atoms with Crippen molar-refractivity contribution in [3.63, 3.8) is 0 Å². The van der Waals surface area contributed by atoms with E-state index in [4.69, 9.17) is 13.9 Å². The van der Waals surface area contributed by atoms with Gasteiger partial charge in [-0.1, -0.05) is 12.1 Å². The summed E-state index contributed by atoms with van der Waals surface area (Å²) in [6, 6.07) is 15.6. The minimum Gasteiger partial charge on any atom is -0.489 e. The third-order valence-corrected chi connectivity index (χ3v) is 9.20. The summed E-state index contributed by atoms with van der Waals surface area (Å²) < 4.78 is 58.4. The molecule has 2 aromatic carbocycles. The average molecular weight is 595 g/mol. The van der Waals surface area contributed by atoms with Crippen molar-refractivity contribution in [3.05, 3.63) is 83.8 Å². The van der Waals surface area contributed by atoms with E-state index in [9.17, 15) is 17.6 Å². The van der Waals surface area contributed by atoms with Gasteiger partial charge in [0.15, 0.2) is 0 Å². The van der Waals surface area contributed by atoms with Crippen LogP contribution in [0.2, 0.25) is 0 Å². The number of hydrogen-bond donors (Lipinski definition) is 1. The molecule has 42 heavy (non-hydrogen) atoms. The topological polar surface area (TPSA) is 114 Å². The zero-order valence-corrected chi connectivity index (χ0v) is 23.7. The van der Waals surface area contributed by atoms with Gasteiger partial charge in [0.2, 0.25) is 11.0 Å². The molecule has 0 radical (unpaired) electrons. The molecule has 2 saturated heterocycles. The lowest BCUT2D eigenvalue weighted by Crippen LogP contribution is -2.45. The van der Waals surface area contributed by atoms with Crippen LogP contribution < -0.4 is 15.0 Å². The number of aromatic nitrogens is 1. The van der Waals surface area contributed by atoms with Crippen molar-refractivity contribution >= 4 is 32.7 Å². The van der Waals surface area contributed by atoms with Gasteiger partial charge in [-0.2, -0.15) is 4.31 Å². The average Bonchev–Trinajstić information content (AvgIpc) is 3.68. The molecule has 0 saturated carbocycles. The van der Waals surface area contributed by atoms with Crippen molar-refractivity contribution in [2.75, 3.05) is 37.7 Å². The van der Waals surface area contributed by atoms with Crippen molar-refractivity contribution in [1.82, 2.24) is 14.6 Å². The Hall–Kier alpha value is -4.00. The number of sulfonamides is 1. The molecule has 1 N–H and O–H groups in total. The van der Waals surface area contributed by atoms with E-state index in [1.807, 2.05) is 36.4 Å². The number of hydrogen-bond acceptors (Lipinski definition) is 8. The SMILES string of the molecule is O=C(NCc1cccc(OCc2ccnc(N3CCOCC3)c2)c1)C1CCCN1S(=O)(=O)c1cc2cc(F)ccc2o1. The Kier molecular flexibility index (Phi) is 8.09. The number of carbonyl (C=O) groups is 1. The van der Waals surface area contributed by atoms with Crippen molar-refractivity contribution in [3.8, 4) is 5.75 Å². The zero-order chi connectivity index (χ0) is 29.1.